The number of aryl methyl sites for hydroxylation is 1. The van der Waals surface area contributed by atoms with Crippen LogP contribution in [0.15, 0.2) is 24.3 Å². The molecule has 2 aliphatic rings. The number of benzene rings is 1. The molecule has 22 heavy (non-hydrogen) atoms. The van der Waals surface area contributed by atoms with Gasteiger partial charge in [0.05, 0.1) is 0 Å². The van der Waals surface area contributed by atoms with E-state index >= 15 is 0 Å². The lowest BCUT2D eigenvalue weighted by molar-refractivity contribution is 0.0689. The molecule has 0 radical (unpaired) electrons. The van der Waals surface area contributed by atoms with E-state index in [0.717, 1.165) is 24.9 Å². The molecule has 1 heterocycles. The van der Waals surface area contributed by atoms with Crippen molar-refractivity contribution in [2.24, 2.45) is 5.92 Å². The fraction of sp³-hybridized carbons (Fsp3) is 0.700. The van der Waals surface area contributed by atoms with Gasteiger partial charge in [-0.3, -0.25) is 9.80 Å². The average molecular weight is 300 g/mol. The molecule has 122 valence electrons. The van der Waals surface area contributed by atoms with E-state index in [4.69, 9.17) is 0 Å². The topological polar surface area (TPSA) is 6.48 Å². The highest BCUT2D eigenvalue weighted by atomic mass is 15.3. The number of nitrogens with zero attached hydrogens (tertiary/aromatic N) is 2. The lowest BCUT2D eigenvalue weighted by atomic mass is 9.86. The Balaban J connectivity index is 1.45. The minimum atomic E-state index is 0.877. The van der Waals surface area contributed by atoms with Crippen molar-refractivity contribution in [2.75, 3.05) is 26.2 Å². The van der Waals surface area contributed by atoms with Gasteiger partial charge in [0.25, 0.3) is 0 Å². The van der Waals surface area contributed by atoms with Gasteiger partial charge in [-0.25, -0.2) is 0 Å². The first kappa shape index (κ1) is 16.0. The molecule has 0 unspecified atom stereocenters. The first-order chi connectivity index (χ1) is 10.7. The monoisotopic (exact) mass is 300 g/mol. The molecule has 0 aromatic heterocycles. The molecule has 0 N–H and O–H groups in total. The van der Waals surface area contributed by atoms with Crippen LogP contribution in [-0.4, -0.2) is 42.0 Å². The molecule has 2 heteroatoms. The van der Waals surface area contributed by atoms with Crippen molar-refractivity contribution in [3.05, 3.63) is 35.4 Å². The predicted octanol–water partition coefficient (Wildman–Crippen LogP) is 3.95. The molecular weight excluding hydrogens is 268 g/mol. The third-order valence-corrected chi connectivity index (χ3v) is 5.75. The van der Waals surface area contributed by atoms with E-state index in [0.29, 0.717) is 0 Å². The van der Waals surface area contributed by atoms with Crippen LogP contribution in [0.25, 0.3) is 0 Å². The first-order valence-corrected chi connectivity index (χ1v) is 9.29. The summed E-state index contributed by atoms with van der Waals surface area (Å²) in [6, 6.07) is 10.1. The van der Waals surface area contributed by atoms with E-state index in [1.807, 2.05) is 0 Å². The molecular formula is C20H32N2. The van der Waals surface area contributed by atoms with Crippen molar-refractivity contribution in [3.8, 4) is 0 Å². The Kier molecular flexibility index (Phi) is 5.54. The lowest BCUT2D eigenvalue weighted by Gasteiger charge is -2.41. The van der Waals surface area contributed by atoms with Gasteiger partial charge in [0.1, 0.15) is 0 Å². The standard InChI is InChI=1S/C20H32N2/c1-3-18-6-8-19(9-7-18)16-21-12-14-22(15-13-21)20-10-4-17(2)5-11-20/h6-9,17,20H,3-5,10-16H2,1-2H3. The summed E-state index contributed by atoms with van der Waals surface area (Å²) in [5.74, 6) is 0.962. The quantitative estimate of drug-likeness (QED) is 0.831. The zero-order chi connectivity index (χ0) is 15.4. The Morgan fingerprint density at radius 2 is 1.45 bits per heavy atom. The first-order valence-electron chi connectivity index (χ1n) is 9.29. The largest absolute Gasteiger partial charge is 0.298 e. The molecule has 0 spiro atoms. The smallest absolute Gasteiger partial charge is 0.0234 e. The van der Waals surface area contributed by atoms with Gasteiger partial charge in [-0.2, -0.15) is 0 Å². The zero-order valence-electron chi connectivity index (χ0n) is 14.4. The molecule has 1 saturated carbocycles. The summed E-state index contributed by atoms with van der Waals surface area (Å²) >= 11 is 0. The van der Waals surface area contributed by atoms with Crippen LogP contribution in [0, 0.1) is 5.92 Å². The van der Waals surface area contributed by atoms with Crippen LogP contribution in [0.4, 0.5) is 0 Å². The van der Waals surface area contributed by atoms with Crippen LogP contribution in [0.1, 0.15) is 50.7 Å². The van der Waals surface area contributed by atoms with Gasteiger partial charge in [-0.1, -0.05) is 38.1 Å². The Morgan fingerprint density at radius 3 is 2.05 bits per heavy atom. The average Bonchev–Trinajstić information content (AvgIpc) is 2.57. The zero-order valence-corrected chi connectivity index (χ0v) is 14.4. The van der Waals surface area contributed by atoms with Crippen molar-refractivity contribution < 1.29 is 0 Å². The van der Waals surface area contributed by atoms with Gasteiger partial charge in [0.15, 0.2) is 0 Å². The summed E-state index contributed by atoms with van der Waals surface area (Å²) in [5, 5.41) is 0. The Bertz CT molecular complexity index is 437. The highest BCUT2D eigenvalue weighted by molar-refractivity contribution is 5.22. The lowest BCUT2D eigenvalue weighted by Crippen LogP contribution is -2.50. The van der Waals surface area contributed by atoms with Gasteiger partial charge in [-0.15, -0.1) is 0 Å². The second-order valence-corrected chi connectivity index (χ2v) is 7.40. The van der Waals surface area contributed by atoms with Crippen LogP contribution in [0.5, 0.6) is 0 Å². The van der Waals surface area contributed by atoms with Crippen molar-refractivity contribution in [3.63, 3.8) is 0 Å². The van der Waals surface area contributed by atoms with E-state index in [-0.39, 0.29) is 0 Å². The van der Waals surface area contributed by atoms with Gasteiger partial charge < -0.3 is 0 Å². The normalized spacial score (nSPS) is 27.9. The summed E-state index contributed by atoms with van der Waals surface area (Å²) in [7, 11) is 0. The van der Waals surface area contributed by atoms with E-state index in [1.54, 1.807) is 0 Å². The Labute approximate surface area is 136 Å². The van der Waals surface area contributed by atoms with Crippen molar-refractivity contribution in [1.29, 1.82) is 0 Å². The molecule has 0 amide bonds. The molecule has 1 aliphatic heterocycles. The maximum absolute atomic E-state index is 2.77. The van der Waals surface area contributed by atoms with Gasteiger partial charge in [0.2, 0.25) is 0 Å². The molecule has 1 aromatic carbocycles. The summed E-state index contributed by atoms with van der Waals surface area (Å²) in [6.45, 7) is 10.8. The molecule has 0 bridgehead atoms. The van der Waals surface area contributed by atoms with E-state index in [1.165, 1.54) is 63.0 Å². The molecule has 2 fully saturated rings. The maximum atomic E-state index is 2.77. The van der Waals surface area contributed by atoms with Crippen LogP contribution in [0.3, 0.4) is 0 Å². The molecule has 1 saturated heterocycles. The van der Waals surface area contributed by atoms with Gasteiger partial charge in [-0.05, 0) is 49.1 Å². The van der Waals surface area contributed by atoms with Crippen molar-refractivity contribution in [1.82, 2.24) is 9.80 Å². The number of hydrogen-bond donors (Lipinski definition) is 0. The SMILES string of the molecule is CCc1ccc(CN2CCN(C3CCC(C)CC3)CC2)cc1. The highest BCUT2D eigenvalue weighted by Gasteiger charge is 2.26. The predicted molar refractivity (Wildman–Crippen MR) is 94.1 cm³/mol. The van der Waals surface area contributed by atoms with Crippen LogP contribution >= 0.6 is 0 Å². The molecule has 1 aromatic rings. The second-order valence-electron chi connectivity index (χ2n) is 7.40. The van der Waals surface area contributed by atoms with E-state index in [9.17, 15) is 0 Å². The minimum Gasteiger partial charge on any atom is -0.298 e. The summed E-state index contributed by atoms with van der Waals surface area (Å²) in [6.07, 6.45) is 6.88. The molecule has 1 aliphatic carbocycles. The number of hydrogen-bond acceptors (Lipinski definition) is 2. The maximum Gasteiger partial charge on any atom is 0.0234 e. The van der Waals surface area contributed by atoms with Crippen LogP contribution < -0.4 is 0 Å². The Hall–Kier alpha value is -0.860. The minimum absolute atomic E-state index is 0.877. The second kappa shape index (κ2) is 7.61. The Morgan fingerprint density at radius 1 is 0.864 bits per heavy atom. The van der Waals surface area contributed by atoms with E-state index < -0.39 is 0 Å². The van der Waals surface area contributed by atoms with Crippen molar-refractivity contribution >= 4 is 0 Å². The van der Waals surface area contributed by atoms with Crippen LogP contribution in [-0.2, 0) is 13.0 Å². The molecule has 0 atom stereocenters. The highest BCUT2D eigenvalue weighted by Crippen LogP contribution is 2.27. The molecule has 2 nitrogen and oxygen atoms in total. The number of piperazine rings is 1. The fourth-order valence-corrected chi connectivity index (χ4v) is 4.03. The van der Waals surface area contributed by atoms with Crippen LogP contribution in [0.2, 0.25) is 0 Å². The third kappa shape index (κ3) is 4.11. The van der Waals surface area contributed by atoms with Gasteiger partial charge in [0, 0.05) is 38.8 Å². The molecule has 3 rings (SSSR count). The summed E-state index contributed by atoms with van der Waals surface area (Å²) in [5.41, 5.74) is 2.91. The number of rotatable bonds is 4. The van der Waals surface area contributed by atoms with Crippen molar-refractivity contribution in [2.45, 2.75) is 58.5 Å². The van der Waals surface area contributed by atoms with E-state index in [2.05, 4.69) is 47.9 Å². The third-order valence-electron chi connectivity index (χ3n) is 5.75. The van der Waals surface area contributed by atoms with Gasteiger partial charge >= 0.3 is 0 Å². The fourth-order valence-electron chi connectivity index (χ4n) is 4.03. The summed E-state index contributed by atoms with van der Waals surface area (Å²) < 4.78 is 0. The summed E-state index contributed by atoms with van der Waals surface area (Å²) in [4.78, 5) is 5.39.